The van der Waals surface area contributed by atoms with Gasteiger partial charge in [-0.05, 0) is 52.1 Å². The number of aromatic nitrogens is 4. The summed E-state index contributed by atoms with van der Waals surface area (Å²) in [6.45, 7) is 0.858. The molecule has 0 spiro atoms. The van der Waals surface area contributed by atoms with E-state index in [0.29, 0.717) is 41.7 Å². The molecular weight excluding hydrogens is 486 g/mol. The van der Waals surface area contributed by atoms with Crippen molar-refractivity contribution in [2.24, 2.45) is 0 Å². The minimum Gasteiger partial charge on any atom is -0.488 e. The number of H-pyrrole nitrogens is 1. The van der Waals surface area contributed by atoms with Crippen LogP contribution in [0.5, 0.6) is 5.75 Å². The maximum Gasteiger partial charge on any atom is 0.255 e. The molecule has 0 radical (unpaired) electrons. The first kappa shape index (κ1) is 24.2. The summed E-state index contributed by atoms with van der Waals surface area (Å²) in [6, 6.07) is 31.2. The second-order valence-corrected chi connectivity index (χ2v) is 8.87. The first-order valence-corrected chi connectivity index (χ1v) is 12.2. The molecule has 0 aliphatic rings. The van der Waals surface area contributed by atoms with Crippen LogP contribution < -0.4 is 10.1 Å². The third-order valence-corrected chi connectivity index (χ3v) is 6.13. The van der Waals surface area contributed by atoms with Gasteiger partial charge in [0.2, 0.25) is 5.82 Å². The van der Waals surface area contributed by atoms with Gasteiger partial charge in [0.25, 0.3) is 5.91 Å². The number of benzene rings is 4. The molecule has 0 saturated heterocycles. The van der Waals surface area contributed by atoms with E-state index in [1.54, 1.807) is 18.2 Å². The van der Waals surface area contributed by atoms with Crippen molar-refractivity contribution in [3.05, 3.63) is 119 Å². The second-order valence-electron chi connectivity index (χ2n) is 8.43. The van der Waals surface area contributed by atoms with Gasteiger partial charge in [-0.25, -0.2) is 0 Å². The molecule has 0 aliphatic carbocycles. The average Bonchev–Trinajstić information content (AvgIpc) is 3.49. The summed E-state index contributed by atoms with van der Waals surface area (Å²) >= 11 is 6.16. The van der Waals surface area contributed by atoms with Gasteiger partial charge in [-0.2, -0.15) is 5.21 Å². The number of tetrazole rings is 1. The quantitative estimate of drug-likeness (QED) is 0.264. The Morgan fingerprint density at radius 3 is 2.24 bits per heavy atom. The fourth-order valence-corrected chi connectivity index (χ4v) is 4.09. The largest absolute Gasteiger partial charge is 0.488 e. The Morgan fingerprint density at radius 1 is 0.838 bits per heavy atom. The van der Waals surface area contributed by atoms with E-state index in [1.165, 1.54) is 0 Å². The molecule has 1 heterocycles. The van der Waals surface area contributed by atoms with Crippen molar-refractivity contribution in [2.75, 3.05) is 6.54 Å². The van der Waals surface area contributed by atoms with E-state index in [1.807, 2.05) is 54.6 Å². The standard InChI is InChI=1S/C29H24ClN5O2/c30-25-14-15-27(37-19-21-4-2-1-3-5-21)26(18-25)29(36)31-17-16-20-6-8-22(9-7-20)23-10-12-24(13-11-23)28-32-34-35-33-28/h1-15,18H,16-17,19H2,(H,31,36)(H,32,33,34,35). The molecule has 8 heteroatoms. The minimum atomic E-state index is -0.219. The van der Waals surface area contributed by atoms with E-state index in [9.17, 15) is 4.79 Å². The molecule has 0 saturated carbocycles. The van der Waals surface area contributed by atoms with Crippen molar-refractivity contribution in [1.29, 1.82) is 0 Å². The zero-order valence-corrected chi connectivity index (χ0v) is 20.7. The first-order valence-electron chi connectivity index (χ1n) is 11.8. The normalized spacial score (nSPS) is 10.7. The highest BCUT2D eigenvalue weighted by molar-refractivity contribution is 6.31. The summed E-state index contributed by atoms with van der Waals surface area (Å²) in [4.78, 5) is 12.9. The van der Waals surface area contributed by atoms with Crippen molar-refractivity contribution in [3.8, 4) is 28.3 Å². The van der Waals surface area contributed by atoms with E-state index in [4.69, 9.17) is 16.3 Å². The molecule has 37 heavy (non-hydrogen) atoms. The number of hydrogen-bond acceptors (Lipinski definition) is 5. The monoisotopic (exact) mass is 509 g/mol. The van der Waals surface area contributed by atoms with Crippen molar-refractivity contribution >= 4 is 17.5 Å². The number of nitrogens with one attached hydrogen (secondary N) is 2. The van der Waals surface area contributed by atoms with Gasteiger partial charge in [-0.1, -0.05) is 90.5 Å². The summed E-state index contributed by atoms with van der Waals surface area (Å²) in [5.74, 6) is 0.848. The highest BCUT2D eigenvalue weighted by Crippen LogP contribution is 2.25. The fraction of sp³-hybridized carbons (Fsp3) is 0.103. The van der Waals surface area contributed by atoms with Gasteiger partial charge in [-0.15, -0.1) is 10.2 Å². The summed E-state index contributed by atoms with van der Waals surface area (Å²) in [6.07, 6.45) is 0.698. The van der Waals surface area contributed by atoms with Gasteiger partial charge in [0, 0.05) is 17.1 Å². The lowest BCUT2D eigenvalue weighted by Gasteiger charge is -2.13. The molecule has 0 unspecified atom stereocenters. The summed E-state index contributed by atoms with van der Waals surface area (Å²) in [5, 5.41) is 17.5. The number of carbonyl (C=O) groups excluding carboxylic acids is 1. The van der Waals surface area contributed by atoms with Crippen LogP contribution in [0.3, 0.4) is 0 Å². The number of aromatic amines is 1. The third-order valence-electron chi connectivity index (χ3n) is 5.90. The average molecular weight is 510 g/mol. The topological polar surface area (TPSA) is 92.8 Å². The van der Waals surface area contributed by atoms with Gasteiger partial charge >= 0.3 is 0 Å². The van der Waals surface area contributed by atoms with Crippen molar-refractivity contribution in [1.82, 2.24) is 25.9 Å². The Kier molecular flexibility index (Phi) is 7.52. The molecule has 1 aromatic heterocycles. The van der Waals surface area contributed by atoms with E-state index in [-0.39, 0.29) is 5.91 Å². The first-order chi connectivity index (χ1) is 18.2. The summed E-state index contributed by atoms with van der Waals surface area (Å²) < 4.78 is 5.92. The van der Waals surface area contributed by atoms with Crippen molar-refractivity contribution in [2.45, 2.75) is 13.0 Å². The van der Waals surface area contributed by atoms with Crippen LogP contribution in [0.4, 0.5) is 0 Å². The van der Waals surface area contributed by atoms with E-state index < -0.39 is 0 Å². The molecule has 4 aromatic carbocycles. The third kappa shape index (κ3) is 6.20. The molecule has 2 N–H and O–H groups in total. The van der Waals surface area contributed by atoms with E-state index in [0.717, 1.165) is 27.8 Å². The van der Waals surface area contributed by atoms with Crippen LogP contribution in [-0.2, 0) is 13.0 Å². The van der Waals surface area contributed by atoms with Crippen LogP contribution in [-0.4, -0.2) is 33.1 Å². The SMILES string of the molecule is O=C(NCCc1ccc(-c2ccc(-c3nn[nH]n3)cc2)cc1)c1cc(Cl)ccc1OCc1ccccc1. The number of hydrogen-bond donors (Lipinski definition) is 2. The zero-order chi connectivity index (χ0) is 25.5. The molecule has 0 fully saturated rings. The summed E-state index contributed by atoms with van der Waals surface area (Å²) in [5.41, 5.74) is 5.66. The lowest BCUT2D eigenvalue weighted by molar-refractivity contribution is 0.0949. The zero-order valence-electron chi connectivity index (χ0n) is 19.9. The lowest BCUT2D eigenvalue weighted by atomic mass is 10.0. The van der Waals surface area contributed by atoms with Crippen molar-refractivity contribution in [3.63, 3.8) is 0 Å². The number of carbonyl (C=O) groups is 1. The van der Waals surface area contributed by atoms with Gasteiger partial charge in [0.05, 0.1) is 5.56 Å². The Bertz CT molecular complexity index is 1460. The van der Waals surface area contributed by atoms with Gasteiger partial charge in [0.1, 0.15) is 12.4 Å². The molecule has 184 valence electrons. The molecular formula is C29H24ClN5O2. The predicted molar refractivity (Wildman–Crippen MR) is 143 cm³/mol. The van der Waals surface area contributed by atoms with Crippen LogP contribution in [0, 0.1) is 0 Å². The Hall–Kier alpha value is -4.49. The molecule has 1 amide bonds. The molecule has 0 atom stereocenters. The highest BCUT2D eigenvalue weighted by Gasteiger charge is 2.14. The van der Waals surface area contributed by atoms with E-state index >= 15 is 0 Å². The molecule has 5 rings (SSSR count). The van der Waals surface area contributed by atoms with Gasteiger partial charge in [0.15, 0.2) is 0 Å². The fourth-order valence-electron chi connectivity index (χ4n) is 3.92. The second kappa shape index (κ2) is 11.5. The number of rotatable bonds is 9. The number of nitrogens with zero attached hydrogens (tertiary/aromatic N) is 3. The number of amides is 1. The van der Waals surface area contributed by atoms with Crippen LogP contribution >= 0.6 is 11.6 Å². The van der Waals surface area contributed by atoms with Gasteiger partial charge < -0.3 is 10.1 Å². The Balaban J connectivity index is 1.17. The van der Waals surface area contributed by atoms with Gasteiger partial charge in [-0.3, -0.25) is 4.79 Å². The van der Waals surface area contributed by atoms with Crippen molar-refractivity contribution < 1.29 is 9.53 Å². The Labute approximate surface area is 219 Å². The molecule has 5 aromatic rings. The summed E-state index contributed by atoms with van der Waals surface area (Å²) in [7, 11) is 0. The number of ether oxygens (including phenoxy) is 1. The minimum absolute atomic E-state index is 0.219. The smallest absolute Gasteiger partial charge is 0.255 e. The van der Waals surface area contributed by atoms with Crippen LogP contribution in [0.15, 0.2) is 97.1 Å². The van der Waals surface area contributed by atoms with Crippen LogP contribution in [0.25, 0.3) is 22.5 Å². The van der Waals surface area contributed by atoms with E-state index in [2.05, 4.69) is 50.2 Å². The lowest BCUT2D eigenvalue weighted by Crippen LogP contribution is -2.26. The predicted octanol–water partition coefficient (Wildman–Crippen LogP) is 5.74. The highest BCUT2D eigenvalue weighted by atomic mass is 35.5. The number of halogens is 1. The molecule has 7 nitrogen and oxygen atoms in total. The van der Waals surface area contributed by atoms with Crippen LogP contribution in [0.1, 0.15) is 21.5 Å². The Morgan fingerprint density at radius 2 is 1.54 bits per heavy atom. The maximum atomic E-state index is 12.9. The molecule has 0 aliphatic heterocycles. The van der Waals surface area contributed by atoms with Crippen LogP contribution in [0.2, 0.25) is 5.02 Å². The maximum absolute atomic E-state index is 12.9. The molecule has 0 bridgehead atoms.